The molecule has 0 bridgehead atoms. The van der Waals surface area contributed by atoms with E-state index >= 15 is 0 Å². The second-order valence-electron chi connectivity index (χ2n) is 6.26. The molecule has 142 valence electrons. The number of para-hydroxylation sites is 1. The lowest BCUT2D eigenvalue weighted by Crippen LogP contribution is -2.12. The van der Waals surface area contributed by atoms with E-state index in [2.05, 4.69) is 0 Å². The Kier molecular flexibility index (Phi) is 4.57. The van der Waals surface area contributed by atoms with Crippen molar-refractivity contribution in [2.45, 2.75) is 4.90 Å². The van der Waals surface area contributed by atoms with Gasteiger partial charge in [-0.1, -0.05) is 30.3 Å². The molecule has 0 aliphatic carbocycles. The van der Waals surface area contributed by atoms with E-state index in [1.807, 2.05) is 48.5 Å². The third-order valence-corrected chi connectivity index (χ3v) is 6.38. The normalized spacial score (nSPS) is 11.5. The van der Waals surface area contributed by atoms with Crippen LogP contribution in [0, 0.1) is 0 Å². The predicted octanol–water partition coefficient (Wildman–Crippen LogP) is 4.56. The van der Waals surface area contributed by atoms with Gasteiger partial charge in [0.1, 0.15) is 11.5 Å². The minimum atomic E-state index is -3.75. The van der Waals surface area contributed by atoms with Crippen LogP contribution >= 0.6 is 0 Å². The van der Waals surface area contributed by atoms with Crippen molar-refractivity contribution < 1.29 is 17.9 Å². The zero-order valence-corrected chi connectivity index (χ0v) is 16.3. The summed E-state index contributed by atoms with van der Waals surface area (Å²) in [5, 5.41) is 0.852. The highest BCUT2D eigenvalue weighted by atomic mass is 32.2. The summed E-state index contributed by atoms with van der Waals surface area (Å²) in [6.45, 7) is 0. The molecule has 0 radical (unpaired) electrons. The lowest BCUT2D eigenvalue weighted by atomic mass is 10.0. The van der Waals surface area contributed by atoms with Crippen LogP contribution in [-0.2, 0) is 10.0 Å². The first kappa shape index (κ1) is 18.1. The van der Waals surface area contributed by atoms with Crippen molar-refractivity contribution in [3.8, 4) is 22.6 Å². The molecule has 0 aliphatic heterocycles. The number of rotatable bonds is 5. The Morgan fingerprint density at radius 1 is 0.750 bits per heavy atom. The summed E-state index contributed by atoms with van der Waals surface area (Å²) in [4.78, 5) is 0.204. The molecule has 0 saturated carbocycles. The summed E-state index contributed by atoms with van der Waals surface area (Å²) in [7, 11) is -0.595. The first-order valence-corrected chi connectivity index (χ1v) is 10.1. The van der Waals surface area contributed by atoms with Gasteiger partial charge in [0.25, 0.3) is 10.0 Å². The average Bonchev–Trinajstić information content (AvgIpc) is 3.19. The van der Waals surface area contributed by atoms with Crippen molar-refractivity contribution in [1.82, 2.24) is 3.97 Å². The summed E-state index contributed by atoms with van der Waals surface area (Å²) >= 11 is 0. The van der Waals surface area contributed by atoms with Gasteiger partial charge in [0, 0.05) is 17.1 Å². The minimum absolute atomic E-state index is 0.204. The monoisotopic (exact) mass is 393 g/mol. The van der Waals surface area contributed by atoms with Crippen LogP contribution < -0.4 is 9.47 Å². The number of benzene rings is 3. The standard InChI is InChI=1S/C22H19NO4S/c1-26-18-8-6-16(7-9-18)21-5-3-4-17-14-15-23(22(17)21)28(24,25)20-12-10-19(27-2)11-13-20/h3-15H,1-2H3. The highest BCUT2D eigenvalue weighted by Crippen LogP contribution is 2.33. The van der Waals surface area contributed by atoms with Gasteiger partial charge in [0.05, 0.1) is 24.6 Å². The topological polar surface area (TPSA) is 57.5 Å². The molecule has 0 amide bonds. The van der Waals surface area contributed by atoms with Gasteiger partial charge in [-0.2, -0.15) is 0 Å². The Morgan fingerprint density at radius 2 is 1.36 bits per heavy atom. The highest BCUT2D eigenvalue weighted by molar-refractivity contribution is 7.90. The van der Waals surface area contributed by atoms with Gasteiger partial charge >= 0.3 is 0 Å². The fourth-order valence-corrected chi connectivity index (χ4v) is 4.60. The molecule has 1 aromatic heterocycles. The molecule has 4 rings (SSSR count). The van der Waals surface area contributed by atoms with Gasteiger partial charge in [-0.15, -0.1) is 0 Å². The molecule has 0 unspecified atom stereocenters. The fraction of sp³-hybridized carbons (Fsp3) is 0.0909. The van der Waals surface area contributed by atoms with Gasteiger partial charge in [0.15, 0.2) is 0 Å². The maximum absolute atomic E-state index is 13.3. The van der Waals surface area contributed by atoms with Crippen molar-refractivity contribution in [3.05, 3.63) is 79.0 Å². The first-order chi connectivity index (χ1) is 13.5. The second-order valence-corrected chi connectivity index (χ2v) is 8.08. The van der Waals surface area contributed by atoms with E-state index in [1.165, 1.54) is 3.97 Å². The highest BCUT2D eigenvalue weighted by Gasteiger charge is 2.21. The van der Waals surface area contributed by atoms with E-state index < -0.39 is 10.0 Å². The predicted molar refractivity (Wildman–Crippen MR) is 110 cm³/mol. The van der Waals surface area contributed by atoms with Crippen LogP contribution in [0.25, 0.3) is 22.0 Å². The number of hydrogen-bond acceptors (Lipinski definition) is 4. The molecule has 0 fully saturated rings. The van der Waals surface area contributed by atoms with Crippen molar-refractivity contribution >= 4 is 20.9 Å². The molecule has 1 heterocycles. The van der Waals surface area contributed by atoms with Gasteiger partial charge in [-0.25, -0.2) is 12.4 Å². The van der Waals surface area contributed by atoms with Crippen LogP contribution in [0.4, 0.5) is 0 Å². The van der Waals surface area contributed by atoms with Crippen LogP contribution in [-0.4, -0.2) is 26.6 Å². The van der Waals surface area contributed by atoms with Gasteiger partial charge in [-0.05, 0) is 48.0 Å². The maximum Gasteiger partial charge on any atom is 0.268 e. The smallest absolute Gasteiger partial charge is 0.268 e. The van der Waals surface area contributed by atoms with Crippen LogP contribution in [0.15, 0.2) is 83.9 Å². The Labute approximate surface area is 163 Å². The quantitative estimate of drug-likeness (QED) is 0.499. The van der Waals surface area contributed by atoms with Crippen LogP contribution in [0.3, 0.4) is 0 Å². The van der Waals surface area contributed by atoms with Crippen molar-refractivity contribution in [3.63, 3.8) is 0 Å². The van der Waals surface area contributed by atoms with Gasteiger partial charge in [0.2, 0.25) is 0 Å². The number of aromatic nitrogens is 1. The third kappa shape index (κ3) is 3.01. The third-order valence-electron chi connectivity index (χ3n) is 4.69. The lowest BCUT2D eigenvalue weighted by Gasteiger charge is -2.12. The zero-order valence-electron chi connectivity index (χ0n) is 15.5. The molecule has 28 heavy (non-hydrogen) atoms. The largest absolute Gasteiger partial charge is 0.497 e. The van der Waals surface area contributed by atoms with Gasteiger partial charge in [-0.3, -0.25) is 0 Å². The molecule has 3 aromatic carbocycles. The van der Waals surface area contributed by atoms with E-state index in [9.17, 15) is 8.42 Å². The zero-order chi connectivity index (χ0) is 19.7. The van der Waals surface area contributed by atoms with Crippen molar-refractivity contribution in [1.29, 1.82) is 0 Å². The molecule has 6 heteroatoms. The number of methoxy groups -OCH3 is 2. The minimum Gasteiger partial charge on any atom is -0.497 e. The Balaban J connectivity index is 1.90. The second kappa shape index (κ2) is 7.05. The summed E-state index contributed by atoms with van der Waals surface area (Å²) in [5.41, 5.74) is 2.39. The van der Waals surface area contributed by atoms with E-state index in [1.54, 1.807) is 44.7 Å². The molecule has 0 N–H and O–H groups in total. The fourth-order valence-electron chi connectivity index (χ4n) is 3.23. The maximum atomic E-state index is 13.3. The van der Waals surface area contributed by atoms with E-state index in [0.29, 0.717) is 11.3 Å². The van der Waals surface area contributed by atoms with Gasteiger partial charge < -0.3 is 9.47 Å². The average molecular weight is 393 g/mol. The lowest BCUT2D eigenvalue weighted by molar-refractivity contribution is 0.414. The Bertz CT molecular complexity index is 1220. The summed E-state index contributed by atoms with van der Waals surface area (Å²) in [6.07, 6.45) is 1.59. The van der Waals surface area contributed by atoms with E-state index in [4.69, 9.17) is 9.47 Å². The molecule has 0 spiro atoms. The van der Waals surface area contributed by atoms with Crippen LogP contribution in [0.1, 0.15) is 0 Å². The molecule has 5 nitrogen and oxygen atoms in total. The van der Waals surface area contributed by atoms with Crippen LogP contribution in [0.2, 0.25) is 0 Å². The Hall–Kier alpha value is -3.25. The molecule has 0 atom stereocenters. The SMILES string of the molecule is COc1ccc(-c2cccc3ccn(S(=O)(=O)c4ccc(OC)cc4)c23)cc1. The number of ether oxygens (including phenoxy) is 2. The van der Waals surface area contributed by atoms with E-state index in [0.717, 1.165) is 22.3 Å². The molecule has 0 saturated heterocycles. The van der Waals surface area contributed by atoms with E-state index in [-0.39, 0.29) is 4.90 Å². The molecular formula is C22H19NO4S. The summed E-state index contributed by atoms with van der Waals surface area (Å²) in [6, 6.07) is 21.5. The van der Waals surface area contributed by atoms with Crippen LogP contribution in [0.5, 0.6) is 11.5 Å². The molecule has 4 aromatic rings. The molecular weight excluding hydrogens is 374 g/mol. The number of nitrogens with zero attached hydrogens (tertiary/aromatic N) is 1. The van der Waals surface area contributed by atoms with Crippen molar-refractivity contribution in [2.24, 2.45) is 0 Å². The Morgan fingerprint density at radius 3 is 1.96 bits per heavy atom. The summed E-state index contributed by atoms with van der Waals surface area (Å²) in [5.74, 6) is 1.35. The number of fused-ring (bicyclic) bond motifs is 1. The number of hydrogen-bond donors (Lipinski definition) is 0. The molecule has 0 aliphatic rings. The van der Waals surface area contributed by atoms with Crippen molar-refractivity contribution in [2.75, 3.05) is 14.2 Å². The first-order valence-electron chi connectivity index (χ1n) is 8.69. The summed E-state index contributed by atoms with van der Waals surface area (Å²) < 4.78 is 38.3.